The van der Waals surface area contributed by atoms with E-state index in [0.717, 1.165) is 5.56 Å². The Morgan fingerprint density at radius 1 is 1.30 bits per heavy atom. The molecule has 0 saturated heterocycles. The molecule has 0 radical (unpaired) electrons. The minimum atomic E-state index is -0.645. The first-order valence-electron chi connectivity index (χ1n) is 7.68. The Bertz CT molecular complexity index is 781. The summed E-state index contributed by atoms with van der Waals surface area (Å²) in [5, 5.41) is 10.3. The molecule has 1 aromatic heterocycles. The topological polar surface area (TPSA) is 84.3 Å². The first-order chi connectivity index (χ1) is 11.1. The van der Waals surface area contributed by atoms with Gasteiger partial charge in [0, 0.05) is 17.7 Å². The minimum absolute atomic E-state index is 0.00264. The smallest absolute Gasteiger partial charge is 0.328 e. The van der Waals surface area contributed by atoms with Crippen molar-refractivity contribution in [3.63, 3.8) is 0 Å². The molecule has 0 spiro atoms. The monoisotopic (exact) mass is 316 g/mol. The van der Waals surface area contributed by atoms with Crippen LogP contribution in [0.1, 0.15) is 23.6 Å². The van der Waals surface area contributed by atoms with Crippen molar-refractivity contribution in [1.29, 1.82) is 0 Å². The van der Waals surface area contributed by atoms with Gasteiger partial charge in [0.05, 0.1) is 25.4 Å². The van der Waals surface area contributed by atoms with Crippen molar-refractivity contribution in [3.05, 3.63) is 68.5 Å². The average Bonchev–Trinajstić information content (AvgIpc) is 2.55. The molecular formula is C17H20N2O4. The van der Waals surface area contributed by atoms with Crippen molar-refractivity contribution in [2.75, 3.05) is 6.61 Å². The SMILES string of the molecule is Cc1cn([C@H]2C[C@@H](COCc3ccccc3)[C@@H]2O)c(=O)[nH]c1=O. The molecule has 1 fully saturated rings. The van der Waals surface area contributed by atoms with Crippen molar-refractivity contribution >= 4 is 0 Å². The standard InChI is InChI=1S/C17H20N2O4/c1-11-8-19(17(22)18-16(11)21)14-7-13(15(14)20)10-23-9-12-5-3-2-4-6-12/h2-6,8,13-15,20H,7,9-10H2,1H3,(H,18,21,22)/t13-,14-,15-/m0/s1. The first kappa shape index (κ1) is 15.7. The number of aliphatic hydroxyl groups is 1. The summed E-state index contributed by atoms with van der Waals surface area (Å²) in [6.07, 6.45) is 1.52. The van der Waals surface area contributed by atoms with Crippen molar-refractivity contribution in [2.24, 2.45) is 5.92 Å². The molecule has 122 valence electrons. The largest absolute Gasteiger partial charge is 0.391 e. The third-order valence-corrected chi connectivity index (χ3v) is 4.37. The van der Waals surface area contributed by atoms with E-state index < -0.39 is 11.8 Å². The van der Waals surface area contributed by atoms with Gasteiger partial charge in [-0.15, -0.1) is 0 Å². The van der Waals surface area contributed by atoms with Crippen molar-refractivity contribution in [3.8, 4) is 0 Å². The van der Waals surface area contributed by atoms with E-state index in [-0.39, 0.29) is 17.5 Å². The molecule has 0 unspecified atom stereocenters. The van der Waals surface area contributed by atoms with Crippen LogP contribution in [0, 0.1) is 12.8 Å². The fourth-order valence-electron chi connectivity index (χ4n) is 2.89. The van der Waals surface area contributed by atoms with Crippen molar-refractivity contribution in [2.45, 2.75) is 32.1 Å². The third kappa shape index (κ3) is 3.28. The molecule has 1 aliphatic rings. The van der Waals surface area contributed by atoms with Gasteiger partial charge >= 0.3 is 5.69 Å². The van der Waals surface area contributed by atoms with Gasteiger partial charge in [-0.1, -0.05) is 30.3 Å². The first-order valence-corrected chi connectivity index (χ1v) is 7.68. The lowest BCUT2D eigenvalue weighted by Gasteiger charge is -2.41. The van der Waals surface area contributed by atoms with Crippen molar-refractivity contribution < 1.29 is 9.84 Å². The highest BCUT2D eigenvalue weighted by molar-refractivity contribution is 5.13. The summed E-state index contributed by atoms with van der Waals surface area (Å²) in [5.41, 5.74) is 0.682. The predicted octanol–water partition coefficient (Wildman–Crippen LogP) is 0.984. The summed E-state index contributed by atoms with van der Waals surface area (Å²) >= 11 is 0. The molecule has 2 N–H and O–H groups in total. The Morgan fingerprint density at radius 3 is 2.74 bits per heavy atom. The number of hydrogen-bond donors (Lipinski definition) is 2. The number of rotatable bonds is 5. The predicted molar refractivity (Wildman–Crippen MR) is 85.3 cm³/mol. The normalized spacial score (nSPS) is 23.5. The summed E-state index contributed by atoms with van der Waals surface area (Å²) in [7, 11) is 0. The van der Waals surface area contributed by atoms with Crippen molar-refractivity contribution in [1.82, 2.24) is 9.55 Å². The second-order valence-electron chi connectivity index (χ2n) is 6.03. The number of aliphatic hydroxyl groups excluding tert-OH is 1. The maximum atomic E-state index is 11.8. The molecule has 0 amide bonds. The van der Waals surface area contributed by atoms with E-state index in [1.54, 1.807) is 6.92 Å². The summed E-state index contributed by atoms with van der Waals surface area (Å²) < 4.78 is 7.06. The van der Waals surface area contributed by atoms with E-state index in [1.807, 2.05) is 30.3 Å². The lowest BCUT2D eigenvalue weighted by Crippen LogP contribution is -2.49. The maximum absolute atomic E-state index is 11.8. The summed E-state index contributed by atoms with van der Waals surface area (Å²) in [4.78, 5) is 25.5. The lowest BCUT2D eigenvalue weighted by molar-refractivity contribution is -0.0764. The van der Waals surface area contributed by atoms with Crippen LogP contribution in [0.3, 0.4) is 0 Å². The molecule has 1 aromatic carbocycles. The van der Waals surface area contributed by atoms with E-state index in [9.17, 15) is 14.7 Å². The highest BCUT2D eigenvalue weighted by Crippen LogP contribution is 2.37. The van der Waals surface area contributed by atoms with Crippen LogP contribution in [0.4, 0.5) is 0 Å². The van der Waals surface area contributed by atoms with Gasteiger partial charge in [-0.25, -0.2) is 4.79 Å². The van der Waals surface area contributed by atoms with E-state index in [4.69, 9.17) is 4.74 Å². The molecule has 6 nitrogen and oxygen atoms in total. The highest BCUT2D eigenvalue weighted by atomic mass is 16.5. The third-order valence-electron chi connectivity index (χ3n) is 4.37. The van der Waals surface area contributed by atoms with Crippen LogP contribution in [0.2, 0.25) is 0 Å². The number of nitrogens with zero attached hydrogens (tertiary/aromatic N) is 1. The molecule has 0 aliphatic heterocycles. The molecule has 3 rings (SSSR count). The molecule has 6 heteroatoms. The Kier molecular flexibility index (Phi) is 4.45. The Labute approximate surface area is 133 Å². The molecule has 23 heavy (non-hydrogen) atoms. The number of ether oxygens (including phenoxy) is 1. The number of H-pyrrole nitrogens is 1. The van der Waals surface area contributed by atoms with Crippen LogP contribution in [0.5, 0.6) is 0 Å². The average molecular weight is 316 g/mol. The number of aromatic nitrogens is 2. The van der Waals surface area contributed by atoms with E-state index in [0.29, 0.717) is 25.2 Å². The van der Waals surface area contributed by atoms with Gasteiger partial charge in [0.15, 0.2) is 0 Å². The summed E-state index contributed by atoms with van der Waals surface area (Å²) in [6, 6.07) is 9.54. The van der Waals surface area contributed by atoms with Crippen LogP contribution in [-0.4, -0.2) is 27.4 Å². The number of hydrogen-bond acceptors (Lipinski definition) is 4. The number of aromatic amines is 1. The van der Waals surface area contributed by atoms with Crippen LogP contribution in [-0.2, 0) is 11.3 Å². The lowest BCUT2D eigenvalue weighted by atomic mass is 9.77. The minimum Gasteiger partial charge on any atom is -0.391 e. The van der Waals surface area contributed by atoms with Gasteiger partial charge in [-0.2, -0.15) is 0 Å². The van der Waals surface area contributed by atoms with Gasteiger partial charge in [-0.05, 0) is 18.9 Å². The fraction of sp³-hybridized carbons (Fsp3) is 0.412. The Balaban J connectivity index is 1.56. The second-order valence-corrected chi connectivity index (χ2v) is 6.03. The fourth-order valence-corrected chi connectivity index (χ4v) is 2.89. The number of benzene rings is 1. The van der Waals surface area contributed by atoms with Crippen LogP contribution in [0.15, 0.2) is 46.1 Å². The van der Waals surface area contributed by atoms with Gasteiger partial charge in [-0.3, -0.25) is 14.3 Å². The molecule has 1 saturated carbocycles. The zero-order chi connectivity index (χ0) is 16.4. The Morgan fingerprint density at radius 2 is 2.04 bits per heavy atom. The van der Waals surface area contributed by atoms with Crippen LogP contribution in [0.25, 0.3) is 0 Å². The zero-order valence-corrected chi connectivity index (χ0v) is 12.9. The van der Waals surface area contributed by atoms with Crippen LogP contribution < -0.4 is 11.2 Å². The van der Waals surface area contributed by atoms with Gasteiger partial charge in [0.25, 0.3) is 5.56 Å². The van der Waals surface area contributed by atoms with Crippen LogP contribution >= 0.6 is 0 Å². The van der Waals surface area contributed by atoms with E-state index >= 15 is 0 Å². The highest BCUT2D eigenvalue weighted by Gasteiger charge is 2.41. The molecule has 1 heterocycles. The molecule has 2 aromatic rings. The summed E-state index contributed by atoms with van der Waals surface area (Å²) in [5.74, 6) is 0.00264. The van der Waals surface area contributed by atoms with Gasteiger partial charge in [0.1, 0.15) is 0 Å². The molecular weight excluding hydrogens is 296 g/mol. The number of nitrogens with one attached hydrogen (secondary N) is 1. The quantitative estimate of drug-likeness (QED) is 0.861. The maximum Gasteiger partial charge on any atom is 0.328 e. The number of aryl methyl sites for hydroxylation is 1. The molecule has 1 aliphatic carbocycles. The van der Waals surface area contributed by atoms with E-state index in [2.05, 4.69) is 4.98 Å². The second kappa shape index (κ2) is 6.52. The van der Waals surface area contributed by atoms with Gasteiger partial charge < -0.3 is 9.84 Å². The van der Waals surface area contributed by atoms with E-state index in [1.165, 1.54) is 10.8 Å². The Hall–Kier alpha value is -2.18. The zero-order valence-electron chi connectivity index (χ0n) is 12.9. The molecule has 0 bridgehead atoms. The van der Waals surface area contributed by atoms with Gasteiger partial charge in [0.2, 0.25) is 0 Å². The molecule has 3 atom stereocenters. The summed E-state index contributed by atoms with van der Waals surface area (Å²) in [6.45, 7) is 2.59.